The van der Waals surface area contributed by atoms with Gasteiger partial charge in [-0.05, 0) is 73.9 Å². The van der Waals surface area contributed by atoms with E-state index in [1.54, 1.807) is 11.1 Å². The van der Waals surface area contributed by atoms with Gasteiger partial charge in [-0.1, -0.05) is 6.08 Å². The van der Waals surface area contributed by atoms with Gasteiger partial charge in [0.2, 0.25) is 5.91 Å². The number of hydrogen-bond acceptors (Lipinski definition) is 3. The SMILES string of the molecule is CC1=C(C2=CCNCC2)C=CN(C(=O)CC(=O)O)C1=C(C)C1CC1. The van der Waals surface area contributed by atoms with Gasteiger partial charge in [0.1, 0.15) is 6.42 Å². The molecule has 0 aromatic carbocycles. The van der Waals surface area contributed by atoms with Crippen LogP contribution in [0.2, 0.25) is 0 Å². The highest BCUT2D eigenvalue weighted by molar-refractivity contribution is 5.95. The normalized spacial score (nSPS) is 23.2. The van der Waals surface area contributed by atoms with Crippen LogP contribution >= 0.6 is 0 Å². The highest BCUT2D eigenvalue weighted by atomic mass is 16.4. The largest absolute Gasteiger partial charge is 0.481 e. The molecule has 3 aliphatic rings. The van der Waals surface area contributed by atoms with Gasteiger partial charge in [0.05, 0.1) is 5.70 Å². The molecule has 0 radical (unpaired) electrons. The van der Waals surface area contributed by atoms with Crippen LogP contribution in [0.15, 0.2) is 46.3 Å². The zero-order chi connectivity index (χ0) is 17.3. The van der Waals surface area contributed by atoms with E-state index in [-0.39, 0.29) is 5.91 Å². The third kappa shape index (κ3) is 3.36. The Morgan fingerprint density at radius 2 is 2.12 bits per heavy atom. The molecule has 1 fully saturated rings. The highest BCUT2D eigenvalue weighted by Gasteiger charge is 2.32. The molecular weight excluding hydrogens is 304 g/mol. The maximum atomic E-state index is 12.4. The van der Waals surface area contributed by atoms with Crippen molar-refractivity contribution in [3.63, 3.8) is 0 Å². The van der Waals surface area contributed by atoms with Crippen molar-refractivity contribution in [2.45, 2.75) is 39.5 Å². The molecule has 0 atom stereocenters. The van der Waals surface area contributed by atoms with E-state index in [1.807, 2.05) is 13.0 Å². The van der Waals surface area contributed by atoms with Crippen molar-refractivity contribution in [2.24, 2.45) is 5.92 Å². The molecule has 0 aromatic rings. The Labute approximate surface area is 142 Å². The topological polar surface area (TPSA) is 69.6 Å². The Morgan fingerprint density at radius 3 is 2.71 bits per heavy atom. The van der Waals surface area contributed by atoms with Crippen molar-refractivity contribution in [3.05, 3.63) is 46.3 Å². The van der Waals surface area contributed by atoms with Crippen LogP contribution in [0, 0.1) is 5.92 Å². The number of carboxylic acid groups (broad SMARTS) is 1. The number of aliphatic carboxylic acids is 1. The number of allylic oxidation sites excluding steroid dienone is 4. The van der Waals surface area contributed by atoms with Crippen LogP contribution in [0.5, 0.6) is 0 Å². The lowest BCUT2D eigenvalue weighted by Crippen LogP contribution is -2.31. The van der Waals surface area contributed by atoms with Gasteiger partial charge in [0, 0.05) is 12.7 Å². The van der Waals surface area contributed by atoms with Crippen molar-refractivity contribution in [2.75, 3.05) is 13.1 Å². The lowest BCUT2D eigenvalue weighted by Gasteiger charge is -2.31. The predicted octanol–water partition coefficient (Wildman–Crippen LogP) is 2.74. The second-order valence-corrected chi connectivity index (χ2v) is 6.68. The van der Waals surface area contributed by atoms with Crippen LogP contribution in [0.4, 0.5) is 0 Å². The molecule has 0 unspecified atom stereocenters. The van der Waals surface area contributed by atoms with E-state index >= 15 is 0 Å². The molecular formula is C19H24N2O3. The quantitative estimate of drug-likeness (QED) is 0.779. The molecule has 0 bridgehead atoms. The Balaban J connectivity index is 2.00. The first-order valence-corrected chi connectivity index (χ1v) is 8.53. The average molecular weight is 328 g/mol. The first-order valence-electron chi connectivity index (χ1n) is 8.53. The summed E-state index contributed by atoms with van der Waals surface area (Å²) in [7, 11) is 0. The smallest absolute Gasteiger partial charge is 0.312 e. The monoisotopic (exact) mass is 328 g/mol. The minimum absolute atomic E-state index is 0.383. The number of hydrogen-bond donors (Lipinski definition) is 2. The Hall–Kier alpha value is -2.14. The molecule has 5 heteroatoms. The van der Waals surface area contributed by atoms with Crippen LogP contribution in [0.3, 0.4) is 0 Å². The number of nitrogens with one attached hydrogen (secondary N) is 1. The third-order valence-electron chi connectivity index (χ3n) is 4.93. The fourth-order valence-corrected chi connectivity index (χ4v) is 3.49. The zero-order valence-electron chi connectivity index (χ0n) is 14.3. The zero-order valence-corrected chi connectivity index (χ0v) is 14.3. The Bertz CT molecular complexity index is 693. The summed E-state index contributed by atoms with van der Waals surface area (Å²) < 4.78 is 0. The van der Waals surface area contributed by atoms with Crippen LogP contribution in [0.25, 0.3) is 0 Å². The summed E-state index contributed by atoms with van der Waals surface area (Å²) in [6.45, 7) is 5.94. The molecule has 3 rings (SSSR count). The summed E-state index contributed by atoms with van der Waals surface area (Å²) in [4.78, 5) is 24.9. The molecule has 0 spiro atoms. The van der Waals surface area contributed by atoms with E-state index in [0.29, 0.717) is 5.92 Å². The summed E-state index contributed by atoms with van der Waals surface area (Å²) in [5.41, 5.74) is 5.65. The van der Waals surface area contributed by atoms with Gasteiger partial charge in [-0.15, -0.1) is 0 Å². The van der Waals surface area contributed by atoms with Crippen molar-refractivity contribution >= 4 is 11.9 Å². The maximum absolute atomic E-state index is 12.4. The van der Waals surface area contributed by atoms with Crippen LogP contribution in [-0.2, 0) is 9.59 Å². The molecule has 0 saturated heterocycles. The molecule has 2 heterocycles. The van der Waals surface area contributed by atoms with Crippen molar-refractivity contribution in [1.82, 2.24) is 10.2 Å². The summed E-state index contributed by atoms with van der Waals surface area (Å²) in [5, 5.41) is 12.3. The number of rotatable bonds is 4. The molecule has 2 N–H and O–H groups in total. The first-order chi connectivity index (χ1) is 11.5. The maximum Gasteiger partial charge on any atom is 0.312 e. The number of carbonyl (C=O) groups is 2. The number of carboxylic acids is 1. The number of amides is 1. The molecule has 2 aliphatic heterocycles. The van der Waals surface area contributed by atoms with Crippen molar-refractivity contribution in [3.8, 4) is 0 Å². The lowest BCUT2D eigenvalue weighted by molar-refractivity contribution is -0.142. The van der Waals surface area contributed by atoms with Gasteiger partial charge < -0.3 is 10.4 Å². The van der Waals surface area contributed by atoms with Gasteiger partial charge >= 0.3 is 5.97 Å². The Morgan fingerprint density at radius 1 is 1.38 bits per heavy atom. The van der Waals surface area contributed by atoms with E-state index in [0.717, 1.165) is 43.6 Å². The average Bonchev–Trinajstić information content (AvgIpc) is 3.39. The van der Waals surface area contributed by atoms with Crippen LogP contribution in [-0.4, -0.2) is 35.0 Å². The van der Waals surface area contributed by atoms with Gasteiger partial charge in [0.25, 0.3) is 0 Å². The van der Waals surface area contributed by atoms with Crippen molar-refractivity contribution in [1.29, 1.82) is 0 Å². The summed E-state index contributed by atoms with van der Waals surface area (Å²) in [6.07, 6.45) is 8.68. The minimum Gasteiger partial charge on any atom is -0.481 e. The van der Waals surface area contributed by atoms with Crippen molar-refractivity contribution < 1.29 is 14.7 Å². The van der Waals surface area contributed by atoms with Gasteiger partial charge in [-0.25, -0.2) is 0 Å². The molecule has 1 amide bonds. The Kier molecular flexibility index (Phi) is 4.71. The molecule has 0 aromatic heterocycles. The molecule has 1 saturated carbocycles. The predicted molar refractivity (Wildman–Crippen MR) is 91.9 cm³/mol. The van der Waals surface area contributed by atoms with Gasteiger partial charge in [-0.3, -0.25) is 14.5 Å². The molecule has 1 aliphatic carbocycles. The van der Waals surface area contributed by atoms with E-state index in [2.05, 4.69) is 18.3 Å². The standard InChI is InChI=1S/C19H24N2O3/c1-12(14-3-4-14)19-13(2)16(15-5-8-20-9-6-15)7-10-21(19)17(22)11-18(23)24/h5,7,10,14,20H,3-4,6,8-9,11H2,1-2H3,(H,23,24). The third-order valence-corrected chi connectivity index (χ3v) is 4.93. The van der Waals surface area contributed by atoms with E-state index in [4.69, 9.17) is 5.11 Å². The lowest BCUT2D eigenvalue weighted by atomic mass is 9.90. The fourth-order valence-electron chi connectivity index (χ4n) is 3.49. The number of carbonyl (C=O) groups excluding carboxylic acids is 1. The van der Waals surface area contributed by atoms with Gasteiger partial charge in [0.15, 0.2) is 0 Å². The fraction of sp³-hybridized carbons (Fsp3) is 0.474. The highest BCUT2D eigenvalue weighted by Crippen LogP contribution is 2.42. The second-order valence-electron chi connectivity index (χ2n) is 6.68. The first kappa shape index (κ1) is 16.7. The summed E-state index contributed by atoms with van der Waals surface area (Å²) >= 11 is 0. The van der Waals surface area contributed by atoms with E-state index in [9.17, 15) is 9.59 Å². The number of nitrogens with zero attached hydrogens (tertiary/aromatic N) is 1. The summed E-state index contributed by atoms with van der Waals surface area (Å²) in [6, 6.07) is 0. The second kappa shape index (κ2) is 6.77. The molecule has 5 nitrogen and oxygen atoms in total. The van der Waals surface area contributed by atoms with E-state index in [1.165, 1.54) is 16.7 Å². The summed E-state index contributed by atoms with van der Waals surface area (Å²) in [5.74, 6) is -0.957. The minimum atomic E-state index is -1.09. The van der Waals surface area contributed by atoms with Crippen LogP contribution < -0.4 is 5.32 Å². The van der Waals surface area contributed by atoms with Gasteiger partial charge in [-0.2, -0.15) is 0 Å². The van der Waals surface area contributed by atoms with E-state index < -0.39 is 12.4 Å². The van der Waals surface area contributed by atoms with Crippen LogP contribution in [0.1, 0.15) is 39.5 Å². The molecule has 128 valence electrons. The molecule has 24 heavy (non-hydrogen) atoms.